The van der Waals surface area contributed by atoms with Crippen molar-refractivity contribution in [3.05, 3.63) is 12.1 Å². The van der Waals surface area contributed by atoms with E-state index < -0.39 is 0 Å². The van der Waals surface area contributed by atoms with Gasteiger partial charge in [0.2, 0.25) is 0 Å². The number of nitrogens with two attached hydrogens (primary N) is 1. The maximum Gasteiger partial charge on any atom is 0.184 e. The number of nitrogen functional groups attached to an aromatic ring is 1. The lowest BCUT2D eigenvalue weighted by Gasteiger charge is -2.15. The first-order valence-electron chi connectivity index (χ1n) is 7.04. The number of hydrogen-bond acceptors (Lipinski definition) is 6. The van der Waals surface area contributed by atoms with Gasteiger partial charge in [-0.25, -0.2) is 4.68 Å². The van der Waals surface area contributed by atoms with Gasteiger partial charge in [0.15, 0.2) is 5.82 Å². The van der Waals surface area contributed by atoms with Gasteiger partial charge in [-0.15, -0.1) is 5.10 Å². The number of anilines is 1. The summed E-state index contributed by atoms with van der Waals surface area (Å²) in [5.41, 5.74) is 7.45. The summed E-state index contributed by atoms with van der Waals surface area (Å²) in [6.07, 6.45) is 4.61. The maximum absolute atomic E-state index is 6.19. The number of hydrogen-bond donors (Lipinski definition) is 1. The van der Waals surface area contributed by atoms with E-state index in [-0.39, 0.29) is 0 Å². The molecule has 0 bridgehead atoms. The molecule has 0 saturated heterocycles. The molecule has 1 aliphatic carbocycles. The Balaban J connectivity index is 2.10. The van der Waals surface area contributed by atoms with E-state index in [0.29, 0.717) is 29.1 Å². The predicted octanol–water partition coefficient (Wildman–Crippen LogP) is 2.05. The molecule has 0 atom stereocenters. The molecule has 2 aromatic rings. The van der Waals surface area contributed by atoms with Crippen LogP contribution in [0.5, 0.6) is 11.5 Å². The Labute approximate surface area is 123 Å². The number of methoxy groups -OCH3 is 2. The van der Waals surface area contributed by atoms with Crippen LogP contribution in [0.2, 0.25) is 0 Å². The summed E-state index contributed by atoms with van der Waals surface area (Å²) in [7, 11) is 3.18. The molecule has 0 spiro atoms. The summed E-state index contributed by atoms with van der Waals surface area (Å²) < 4.78 is 12.5. The highest BCUT2D eigenvalue weighted by Crippen LogP contribution is 2.38. The minimum Gasteiger partial charge on any atom is -0.497 e. The zero-order valence-electron chi connectivity index (χ0n) is 12.2. The highest BCUT2D eigenvalue weighted by Gasteiger charge is 2.24. The summed E-state index contributed by atoms with van der Waals surface area (Å²) in [5, 5.41) is 12.1. The van der Waals surface area contributed by atoms with E-state index >= 15 is 0 Å². The first-order chi connectivity index (χ1) is 10.2. The second kappa shape index (κ2) is 5.59. The van der Waals surface area contributed by atoms with Crippen molar-refractivity contribution < 1.29 is 9.47 Å². The van der Waals surface area contributed by atoms with Crippen LogP contribution in [-0.4, -0.2) is 34.4 Å². The summed E-state index contributed by atoms with van der Waals surface area (Å²) in [6, 6.07) is 3.93. The molecule has 7 heteroatoms. The highest BCUT2D eigenvalue weighted by molar-refractivity contribution is 5.78. The fourth-order valence-electron chi connectivity index (χ4n) is 2.84. The maximum atomic E-state index is 6.19. The molecule has 1 aliphatic rings. The highest BCUT2D eigenvalue weighted by atomic mass is 16.5. The topological polar surface area (TPSA) is 88.1 Å². The molecule has 21 heavy (non-hydrogen) atoms. The van der Waals surface area contributed by atoms with Crippen molar-refractivity contribution in [3.8, 4) is 22.9 Å². The molecule has 1 aromatic heterocycles. The van der Waals surface area contributed by atoms with Gasteiger partial charge in [0.05, 0.1) is 31.5 Å². The van der Waals surface area contributed by atoms with E-state index in [0.717, 1.165) is 18.4 Å². The van der Waals surface area contributed by atoms with Gasteiger partial charge in [0.1, 0.15) is 11.5 Å². The SMILES string of the molecule is COc1cc(OC)c(N)c(-c2nnnn2C2CCCC2)c1. The normalized spacial score (nSPS) is 15.3. The van der Waals surface area contributed by atoms with Crippen LogP contribution in [-0.2, 0) is 0 Å². The lowest BCUT2D eigenvalue weighted by atomic mass is 10.1. The third-order valence-corrected chi connectivity index (χ3v) is 3.98. The Hall–Kier alpha value is -2.31. The van der Waals surface area contributed by atoms with Gasteiger partial charge in [-0.1, -0.05) is 12.8 Å². The number of rotatable bonds is 4. The average molecular weight is 289 g/mol. The van der Waals surface area contributed by atoms with Crippen LogP contribution in [0.15, 0.2) is 12.1 Å². The summed E-state index contributed by atoms with van der Waals surface area (Å²) in [5.74, 6) is 1.89. The Morgan fingerprint density at radius 1 is 1.19 bits per heavy atom. The van der Waals surface area contributed by atoms with Crippen molar-refractivity contribution in [3.63, 3.8) is 0 Å². The first kappa shape index (κ1) is 13.7. The van der Waals surface area contributed by atoms with Gasteiger partial charge < -0.3 is 15.2 Å². The second-order valence-electron chi connectivity index (χ2n) is 5.18. The lowest BCUT2D eigenvalue weighted by Crippen LogP contribution is -2.10. The molecule has 3 rings (SSSR count). The number of nitrogens with zero attached hydrogens (tertiary/aromatic N) is 4. The van der Waals surface area contributed by atoms with Gasteiger partial charge in [-0.2, -0.15) is 0 Å². The Morgan fingerprint density at radius 3 is 2.62 bits per heavy atom. The Morgan fingerprint density at radius 2 is 1.95 bits per heavy atom. The van der Waals surface area contributed by atoms with Crippen LogP contribution in [0.25, 0.3) is 11.4 Å². The van der Waals surface area contributed by atoms with Crippen molar-refractivity contribution in [1.82, 2.24) is 20.2 Å². The third-order valence-electron chi connectivity index (χ3n) is 3.98. The molecule has 1 fully saturated rings. The minimum absolute atomic E-state index is 0.339. The molecule has 1 saturated carbocycles. The first-order valence-corrected chi connectivity index (χ1v) is 7.04. The zero-order valence-corrected chi connectivity index (χ0v) is 12.2. The third kappa shape index (κ3) is 2.39. The molecule has 0 amide bonds. The molecule has 0 aliphatic heterocycles. The molecule has 1 aromatic carbocycles. The molecule has 112 valence electrons. The largest absolute Gasteiger partial charge is 0.497 e. The molecule has 0 radical (unpaired) electrons. The average Bonchev–Trinajstić information content (AvgIpc) is 3.18. The predicted molar refractivity (Wildman–Crippen MR) is 78.3 cm³/mol. The molecule has 7 nitrogen and oxygen atoms in total. The van der Waals surface area contributed by atoms with Gasteiger partial charge >= 0.3 is 0 Å². The summed E-state index contributed by atoms with van der Waals surface area (Å²) in [6.45, 7) is 0. The quantitative estimate of drug-likeness (QED) is 0.867. The summed E-state index contributed by atoms with van der Waals surface area (Å²) >= 11 is 0. The number of aromatic nitrogens is 4. The van der Waals surface area contributed by atoms with E-state index in [4.69, 9.17) is 15.2 Å². The lowest BCUT2D eigenvalue weighted by molar-refractivity contribution is 0.395. The van der Waals surface area contributed by atoms with Crippen LogP contribution < -0.4 is 15.2 Å². The number of ether oxygens (including phenoxy) is 2. The van der Waals surface area contributed by atoms with Crippen LogP contribution in [0, 0.1) is 0 Å². The van der Waals surface area contributed by atoms with E-state index in [9.17, 15) is 0 Å². The van der Waals surface area contributed by atoms with Crippen LogP contribution >= 0.6 is 0 Å². The molecule has 2 N–H and O–H groups in total. The summed E-state index contributed by atoms with van der Waals surface area (Å²) in [4.78, 5) is 0. The van der Waals surface area contributed by atoms with E-state index in [1.165, 1.54) is 12.8 Å². The van der Waals surface area contributed by atoms with Crippen molar-refractivity contribution in [2.75, 3.05) is 20.0 Å². The van der Waals surface area contributed by atoms with Crippen molar-refractivity contribution in [2.24, 2.45) is 0 Å². The van der Waals surface area contributed by atoms with Crippen molar-refractivity contribution >= 4 is 5.69 Å². The Kier molecular flexibility index (Phi) is 3.64. The van der Waals surface area contributed by atoms with Gasteiger partial charge in [0.25, 0.3) is 0 Å². The van der Waals surface area contributed by atoms with E-state index in [1.54, 1.807) is 20.3 Å². The number of tetrazole rings is 1. The fourth-order valence-corrected chi connectivity index (χ4v) is 2.84. The standard InChI is InChI=1S/C14H19N5O2/c1-20-10-7-11(13(15)12(8-10)21-2)14-16-17-18-19(14)9-5-3-4-6-9/h7-9H,3-6,15H2,1-2H3. The molecule has 1 heterocycles. The van der Waals surface area contributed by atoms with Crippen molar-refractivity contribution in [1.29, 1.82) is 0 Å². The molecular formula is C14H19N5O2. The van der Waals surface area contributed by atoms with Crippen LogP contribution in [0.1, 0.15) is 31.7 Å². The monoisotopic (exact) mass is 289 g/mol. The minimum atomic E-state index is 0.339. The fraction of sp³-hybridized carbons (Fsp3) is 0.500. The van der Waals surface area contributed by atoms with E-state index in [2.05, 4.69) is 15.5 Å². The number of benzene rings is 1. The van der Waals surface area contributed by atoms with Gasteiger partial charge in [0, 0.05) is 6.07 Å². The van der Waals surface area contributed by atoms with E-state index in [1.807, 2.05) is 10.7 Å². The Bertz CT molecular complexity index is 634. The molecule has 0 unspecified atom stereocenters. The smallest absolute Gasteiger partial charge is 0.184 e. The van der Waals surface area contributed by atoms with Crippen LogP contribution in [0.3, 0.4) is 0 Å². The van der Waals surface area contributed by atoms with Gasteiger partial charge in [-0.05, 0) is 29.3 Å². The van der Waals surface area contributed by atoms with Crippen molar-refractivity contribution in [2.45, 2.75) is 31.7 Å². The molecular weight excluding hydrogens is 270 g/mol. The zero-order chi connectivity index (χ0) is 14.8. The second-order valence-corrected chi connectivity index (χ2v) is 5.18. The van der Waals surface area contributed by atoms with Crippen LogP contribution in [0.4, 0.5) is 5.69 Å². The van der Waals surface area contributed by atoms with Gasteiger partial charge in [-0.3, -0.25) is 0 Å².